The van der Waals surface area contributed by atoms with Gasteiger partial charge in [0.05, 0.1) is 6.04 Å². The predicted octanol–water partition coefficient (Wildman–Crippen LogP) is 1.18. The summed E-state index contributed by atoms with van der Waals surface area (Å²) >= 11 is 0. The minimum atomic E-state index is -1.26. The van der Waals surface area contributed by atoms with E-state index in [0.717, 1.165) is 42.5 Å². The molecular weight excluding hydrogens is 410 g/mol. The summed E-state index contributed by atoms with van der Waals surface area (Å²) in [6.07, 6.45) is 6.07. The van der Waals surface area contributed by atoms with Gasteiger partial charge in [-0.1, -0.05) is 31.0 Å². The molecular formula is C23H31N5O4. The molecule has 5 N–H and O–H groups in total. The summed E-state index contributed by atoms with van der Waals surface area (Å²) in [4.78, 5) is 40.6. The van der Waals surface area contributed by atoms with Gasteiger partial charge in [0.2, 0.25) is 5.91 Å². The lowest BCUT2D eigenvalue weighted by Crippen LogP contribution is -2.60. The summed E-state index contributed by atoms with van der Waals surface area (Å²) in [5.41, 5.74) is 9.01. The molecule has 0 spiro atoms. The van der Waals surface area contributed by atoms with Crippen molar-refractivity contribution in [3.05, 3.63) is 41.6 Å². The first-order chi connectivity index (χ1) is 15.4. The van der Waals surface area contributed by atoms with Crippen LogP contribution in [0.5, 0.6) is 0 Å². The molecule has 2 fully saturated rings. The van der Waals surface area contributed by atoms with Crippen molar-refractivity contribution >= 4 is 23.6 Å². The molecule has 4 rings (SSSR count). The molecule has 32 heavy (non-hydrogen) atoms. The van der Waals surface area contributed by atoms with Crippen molar-refractivity contribution in [2.24, 2.45) is 11.7 Å². The number of amides is 3. The van der Waals surface area contributed by atoms with Gasteiger partial charge < -0.3 is 31.3 Å². The van der Waals surface area contributed by atoms with Crippen LogP contribution < -0.4 is 21.3 Å². The third-order valence-electron chi connectivity index (χ3n) is 6.86. The fraction of sp³-hybridized carbons (Fsp3) is 0.522. The largest absolute Gasteiger partial charge is 0.480 e. The fourth-order valence-electron chi connectivity index (χ4n) is 5.07. The van der Waals surface area contributed by atoms with Crippen molar-refractivity contribution in [2.45, 2.75) is 50.7 Å². The molecule has 0 aromatic heterocycles. The lowest BCUT2D eigenvalue weighted by Gasteiger charge is -2.36. The van der Waals surface area contributed by atoms with Crippen LogP contribution in [0.25, 0.3) is 0 Å². The molecule has 3 amide bonds. The number of carbonyl (C=O) groups excluding carboxylic acids is 2. The Morgan fingerprint density at radius 3 is 2.69 bits per heavy atom. The van der Waals surface area contributed by atoms with E-state index in [4.69, 9.17) is 5.73 Å². The van der Waals surface area contributed by atoms with Crippen LogP contribution in [0.2, 0.25) is 0 Å². The number of anilines is 1. The zero-order chi connectivity index (χ0) is 22.8. The van der Waals surface area contributed by atoms with E-state index < -0.39 is 24.1 Å². The Morgan fingerprint density at radius 2 is 1.97 bits per heavy atom. The van der Waals surface area contributed by atoms with E-state index in [1.807, 2.05) is 37.4 Å². The molecule has 0 bridgehead atoms. The number of nitrogens with zero attached hydrogens (tertiary/aromatic N) is 2. The maximum Gasteiger partial charge on any atom is 0.328 e. The number of rotatable bonds is 5. The van der Waals surface area contributed by atoms with Gasteiger partial charge in [-0.2, -0.15) is 0 Å². The zero-order valence-electron chi connectivity index (χ0n) is 18.3. The summed E-state index contributed by atoms with van der Waals surface area (Å²) in [6.45, 7) is 2.48. The van der Waals surface area contributed by atoms with Crippen LogP contribution in [0, 0.1) is 12.8 Å². The van der Waals surface area contributed by atoms with Crippen molar-refractivity contribution in [1.29, 1.82) is 0 Å². The molecule has 4 atom stereocenters. The number of benzene rings is 1. The van der Waals surface area contributed by atoms with Gasteiger partial charge in [-0.05, 0) is 43.2 Å². The molecule has 0 radical (unpaired) electrons. The molecule has 2 aliphatic heterocycles. The minimum Gasteiger partial charge on any atom is -0.480 e. The van der Waals surface area contributed by atoms with Crippen LogP contribution in [0.1, 0.15) is 31.2 Å². The predicted molar refractivity (Wildman–Crippen MR) is 120 cm³/mol. The lowest BCUT2D eigenvalue weighted by atomic mass is 9.79. The Hall–Kier alpha value is -3.07. The van der Waals surface area contributed by atoms with Gasteiger partial charge in [0.25, 0.3) is 0 Å². The van der Waals surface area contributed by atoms with Gasteiger partial charge in [-0.3, -0.25) is 4.79 Å². The van der Waals surface area contributed by atoms with Crippen LogP contribution in [-0.4, -0.2) is 65.7 Å². The van der Waals surface area contributed by atoms with E-state index in [1.54, 1.807) is 4.90 Å². The molecule has 1 saturated carbocycles. The summed E-state index contributed by atoms with van der Waals surface area (Å²) in [5.74, 6) is -1.18. The highest BCUT2D eigenvalue weighted by Crippen LogP contribution is 2.35. The van der Waals surface area contributed by atoms with Crippen LogP contribution in [0.4, 0.5) is 10.5 Å². The number of carboxylic acids is 1. The third-order valence-corrected chi connectivity index (χ3v) is 6.86. The number of nitrogens with one attached hydrogen (secondary N) is 2. The highest BCUT2D eigenvalue weighted by atomic mass is 16.4. The SMILES string of the molecule is Cc1ccccc1N1CCN(C(=O)N[C@@H](C(=O)O)[C@@H](N)C2=CNC3CCCC[C@@H]23)CC1=O. The molecule has 1 aliphatic carbocycles. The van der Waals surface area contributed by atoms with Crippen molar-refractivity contribution in [3.8, 4) is 0 Å². The maximum absolute atomic E-state index is 12.9. The number of carbonyl (C=O) groups is 3. The second-order valence-corrected chi connectivity index (χ2v) is 8.85. The maximum atomic E-state index is 12.9. The van der Waals surface area contributed by atoms with E-state index in [-0.39, 0.29) is 18.4 Å². The Balaban J connectivity index is 1.40. The molecule has 9 nitrogen and oxygen atoms in total. The number of urea groups is 1. The molecule has 172 valence electrons. The second-order valence-electron chi connectivity index (χ2n) is 8.85. The molecule has 3 aliphatic rings. The monoisotopic (exact) mass is 441 g/mol. The second kappa shape index (κ2) is 9.20. The van der Waals surface area contributed by atoms with Crippen molar-refractivity contribution in [1.82, 2.24) is 15.5 Å². The number of piperazine rings is 1. The van der Waals surface area contributed by atoms with Crippen LogP contribution in [0.3, 0.4) is 0 Å². The fourth-order valence-corrected chi connectivity index (χ4v) is 5.07. The van der Waals surface area contributed by atoms with E-state index >= 15 is 0 Å². The molecule has 1 aromatic carbocycles. The van der Waals surface area contributed by atoms with E-state index in [1.165, 1.54) is 4.90 Å². The van der Waals surface area contributed by atoms with Crippen molar-refractivity contribution < 1.29 is 19.5 Å². The number of hydrogen-bond donors (Lipinski definition) is 4. The van der Waals surface area contributed by atoms with Crippen LogP contribution >= 0.6 is 0 Å². The first kappa shape index (κ1) is 22.1. The number of hydrogen-bond acceptors (Lipinski definition) is 5. The number of aliphatic carboxylic acids is 1. The molecule has 1 saturated heterocycles. The summed E-state index contributed by atoms with van der Waals surface area (Å²) in [6, 6.07) is 5.21. The highest BCUT2D eigenvalue weighted by Gasteiger charge is 2.40. The Bertz CT molecular complexity index is 933. The number of aryl methyl sites for hydroxylation is 1. The average Bonchev–Trinajstić information content (AvgIpc) is 3.21. The van der Waals surface area contributed by atoms with E-state index in [0.29, 0.717) is 19.1 Å². The van der Waals surface area contributed by atoms with Crippen molar-refractivity contribution in [2.75, 3.05) is 24.5 Å². The van der Waals surface area contributed by atoms with Gasteiger partial charge in [0, 0.05) is 30.7 Å². The quantitative estimate of drug-likeness (QED) is 0.543. The molecule has 1 unspecified atom stereocenters. The van der Waals surface area contributed by atoms with E-state index in [2.05, 4.69) is 10.6 Å². The van der Waals surface area contributed by atoms with E-state index in [9.17, 15) is 19.5 Å². The first-order valence-electron chi connectivity index (χ1n) is 11.2. The zero-order valence-corrected chi connectivity index (χ0v) is 18.3. The molecule has 2 heterocycles. The number of para-hydroxylation sites is 1. The topological polar surface area (TPSA) is 128 Å². The summed E-state index contributed by atoms with van der Waals surface area (Å²) < 4.78 is 0. The lowest BCUT2D eigenvalue weighted by molar-refractivity contribution is -0.139. The minimum absolute atomic E-state index is 0.114. The summed E-state index contributed by atoms with van der Waals surface area (Å²) in [5, 5.41) is 15.7. The van der Waals surface area contributed by atoms with Crippen molar-refractivity contribution in [3.63, 3.8) is 0 Å². The smallest absolute Gasteiger partial charge is 0.328 e. The van der Waals surface area contributed by atoms with Crippen LogP contribution in [0.15, 0.2) is 36.0 Å². The molecule has 9 heteroatoms. The van der Waals surface area contributed by atoms with Gasteiger partial charge in [-0.25, -0.2) is 9.59 Å². The molecule has 1 aromatic rings. The summed E-state index contributed by atoms with van der Waals surface area (Å²) in [7, 11) is 0. The third kappa shape index (κ3) is 4.29. The number of nitrogens with two attached hydrogens (primary N) is 1. The highest BCUT2D eigenvalue weighted by molar-refractivity contribution is 5.98. The Labute approximate surface area is 187 Å². The Kier molecular flexibility index (Phi) is 6.36. The Morgan fingerprint density at radius 1 is 1.22 bits per heavy atom. The average molecular weight is 442 g/mol. The van der Waals surface area contributed by atoms with Gasteiger partial charge >= 0.3 is 12.0 Å². The van der Waals surface area contributed by atoms with Gasteiger partial charge in [0.15, 0.2) is 0 Å². The van der Waals surface area contributed by atoms with Crippen LogP contribution in [-0.2, 0) is 9.59 Å². The number of carboxylic acid groups (broad SMARTS) is 1. The normalized spacial score (nSPS) is 24.8. The van der Waals surface area contributed by atoms with Gasteiger partial charge in [0.1, 0.15) is 12.6 Å². The standard InChI is InChI=1S/C23H31N5O4/c1-14-6-2-5-9-18(14)28-11-10-27(13-19(28)29)23(32)26-21(22(30)31)20(24)16-12-25-17-8-4-3-7-15(16)17/h2,5-6,9,12,15,17,20-21,25H,3-4,7-8,10-11,13,24H2,1H3,(H,26,32)(H,30,31)/t15-,17?,20-,21+/m0/s1. The first-order valence-corrected chi connectivity index (χ1v) is 11.2. The van der Waals surface area contributed by atoms with Gasteiger partial charge in [-0.15, -0.1) is 0 Å². The number of fused-ring (bicyclic) bond motifs is 1.